The first kappa shape index (κ1) is 16.4. The minimum Gasteiger partial charge on any atom is -0.196 e. The lowest BCUT2D eigenvalue weighted by Crippen LogP contribution is -2.31. The topological polar surface area (TPSA) is 3.01 Å². The van der Waals surface area contributed by atoms with Crippen molar-refractivity contribution in [3.8, 4) is 0 Å². The van der Waals surface area contributed by atoms with Crippen LogP contribution in [0.2, 0.25) is 0 Å². The summed E-state index contributed by atoms with van der Waals surface area (Å²) >= 11 is 1.87. The smallest absolute Gasteiger partial charge is 0.196 e. The second kappa shape index (κ2) is 5.59. The van der Waals surface area contributed by atoms with E-state index in [2.05, 4.69) is 88.0 Å². The van der Waals surface area contributed by atoms with Crippen LogP contribution in [0, 0.1) is 6.92 Å². The van der Waals surface area contributed by atoms with Crippen molar-refractivity contribution in [1.82, 2.24) is 0 Å². The molecule has 23 heavy (non-hydrogen) atoms. The van der Waals surface area contributed by atoms with Crippen molar-refractivity contribution >= 4 is 23.2 Å². The summed E-state index contributed by atoms with van der Waals surface area (Å²) in [5.74, 6) is 0.530. The van der Waals surface area contributed by atoms with E-state index in [0.29, 0.717) is 5.92 Å². The molecule has 0 spiro atoms. The van der Waals surface area contributed by atoms with E-state index in [1.165, 1.54) is 21.7 Å². The van der Waals surface area contributed by atoms with Crippen molar-refractivity contribution in [3.05, 3.63) is 51.7 Å². The highest BCUT2D eigenvalue weighted by molar-refractivity contribution is 7.10. The van der Waals surface area contributed by atoms with Gasteiger partial charge in [0.25, 0.3) is 0 Å². The number of hydrogen-bond acceptors (Lipinski definition) is 1. The quantitative estimate of drug-likeness (QED) is 0.605. The Kier molecular flexibility index (Phi) is 4.00. The lowest BCUT2D eigenvalue weighted by Gasteiger charge is -2.22. The lowest BCUT2D eigenvalue weighted by molar-refractivity contribution is -0.512. The van der Waals surface area contributed by atoms with Gasteiger partial charge >= 0.3 is 0 Å². The SMILES string of the molecule is Cc1cccc(C(C)C)c1[N+]1=CC(C)(c2cccs2)CC1(C)C. The average molecular weight is 327 g/mol. The molecule has 0 saturated carbocycles. The standard InChI is InChI=1S/C21H28NS/c1-15(2)17-10-7-9-16(3)19(17)22-14-21(6,13-20(22,4)5)18-11-8-12-23-18/h7-12,14-15H,13H2,1-6H3/q+1. The van der Waals surface area contributed by atoms with Gasteiger partial charge in [0, 0.05) is 36.3 Å². The molecule has 0 radical (unpaired) electrons. The van der Waals surface area contributed by atoms with Crippen molar-refractivity contribution in [2.24, 2.45) is 0 Å². The Bertz CT molecular complexity index is 737. The van der Waals surface area contributed by atoms with Gasteiger partial charge in [0.05, 0.1) is 5.41 Å². The molecule has 1 unspecified atom stereocenters. The Morgan fingerprint density at radius 1 is 1.09 bits per heavy atom. The molecule has 0 aliphatic carbocycles. The average Bonchev–Trinajstić information content (AvgIpc) is 3.05. The molecular weight excluding hydrogens is 298 g/mol. The first-order chi connectivity index (χ1) is 10.7. The second-order valence-corrected chi connectivity index (χ2v) is 9.00. The predicted molar refractivity (Wildman–Crippen MR) is 102 cm³/mol. The third-order valence-corrected chi connectivity index (χ3v) is 6.23. The summed E-state index contributed by atoms with van der Waals surface area (Å²) < 4.78 is 2.55. The Labute approximate surface area is 144 Å². The van der Waals surface area contributed by atoms with E-state index in [9.17, 15) is 0 Å². The van der Waals surface area contributed by atoms with Crippen LogP contribution in [0.25, 0.3) is 0 Å². The van der Waals surface area contributed by atoms with Crippen molar-refractivity contribution in [3.63, 3.8) is 0 Å². The fourth-order valence-electron chi connectivity index (χ4n) is 4.09. The zero-order valence-corrected chi connectivity index (χ0v) is 16.0. The lowest BCUT2D eigenvalue weighted by atomic mass is 9.82. The maximum Gasteiger partial charge on any atom is 0.211 e. The summed E-state index contributed by atoms with van der Waals surface area (Å²) in [6.45, 7) is 14.0. The van der Waals surface area contributed by atoms with Crippen LogP contribution in [-0.4, -0.2) is 16.3 Å². The molecule has 1 aliphatic heterocycles. The van der Waals surface area contributed by atoms with Crippen molar-refractivity contribution < 1.29 is 4.58 Å². The van der Waals surface area contributed by atoms with Crippen LogP contribution in [-0.2, 0) is 5.41 Å². The maximum absolute atomic E-state index is 2.55. The molecule has 0 fully saturated rings. The highest BCUT2D eigenvalue weighted by Crippen LogP contribution is 2.44. The van der Waals surface area contributed by atoms with Crippen molar-refractivity contribution in [2.75, 3.05) is 0 Å². The van der Waals surface area contributed by atoms with Crippen LogP contribution in [0.3, 0.4) is 0 Å². The van der Waals surface area contributed by atoms with Crippen LogP contribution < -0.4 is 0 Å². The fourth-order valence-corrected chi connectivity index (χ4v) is 4.94. The Morgan fingerprint density at radius 2 is 1.83 bits per heavy atom. The number of rotatable bonds is 3. The molecule has 1 aromatic heterocycles. The van der Waals surface area contributed by atoms with E-state index < -0.39 is 0 Å². The summed E-state index contributed by atoms with van der Waals surface area (Å²) in [5.41, 5.74) is 4.47. The molecule has 0 amide bonds. The summed E-state index contributed by atoms with van der Waals surface area (Å²) in [7, 11) is 0. The highest BCUT2D eigenvalue weighted by Gasteiger charge is 2.50. The van der Waals surface area contributed by atoms with E-state index in [1.54, 1.807) is 0 Å². The largest absolute Gasteiger partial charge is 0.211 e. The molecule has 0 bridgehead atoms. The fraction of sp³-hybridized carbons (Fsp3) is 0.476. The van der Waals surface area contributed by atoms with Crippen LogP contribution in [0.4, 0.5) is 5.69 Å². The van der Waals surface area contributed by atoms with Gasteiger partial charge in [-0.05, 0) is 31.2 Å². The Hall–Kier alpha value is -1.41. The number of nitrogens with zero attached hydrogens (tertiary/aromatic N) is 1. The number of para-hydroxylation sites is 1. The minimum absolute atomic E-state index is 0.119. The first-order valence-electron chi connectivity index (χ1n) is 8.53. The number of thiophene rings is 1. The van der Waals surface area contributed by atoms with Gasteiger partial charge in [-0.2, -0.15) is 4.58 Å². The molecule has 0 saturated heterocycles. The number of benzene rings is 1. The number of aryl methyl sites for hydroxylation is 1. The predicted octanol–water partition coefficient (Wildman–Crippen LogP) is 6.03. The molecular formula is C21H28NS+. The van der Waals surface area contributed by atoms with Crippen LogP contribution >= 0.6 is 11.3 Å². The summed E-state index contributed by atoms with van der Waals surface area (Å²) in [6.07, 6.45) is 3.62. The Morgan fingerprint density at radius 3 is 2.43 bits per heavy atom. The van der Waals surface area contributed by atoms with Crippen LogP contribution in [0.5, 0.6) is 0 Å². The van der Waals surface area contributed by atoms with E-state index >= 15 is 0 Å². The number of hydrogen-bond donors (Lipinski definition) is 0. The maximum atomic E-state index is 2.55. The molecule has 3 rings (SSSR count). The summed E-state index contributed by atoms with van der Waals surface area (Å²) in [5, 5.41) is 2.19. The molecule has 1 atom stereocenters. The minimum atomic E-state index is 0.119. The third kappa shape index (κ3) is 2.78. The van der Waals surface area contributed by atoms with E-state index in [4.69, 9.17) is 0 Å². The highest BCUT2D eigenvalue weighted by atomic mass is 32.1. The van der Waals surface area contributed by atoms with Crippen LogP contribution in [0.1, 0.15) is 63.0 Å². The van der Waals surface area contributed by atoms with Crippen molar-refractivity contribution in [1.29, 1.82) is 0 Å². The first-order valence-corrected chi connectivity index (χ1v) is 9.41. The van der Waals surface area contributed by atoms with Gasteiger partial charge < -0.3 is 0 Å². The third-order valence-electron chi connectivity index (χ3n) is 5.08. The van der Waals surface area contributed by atoms with Gasteiger partial charge in [-0.1, -0.05) is 38.1 Å². The van der Waals surface area contributed by atoms with Gasteiger partial charge in [0.1, 0.15) is 0 Å². The van der Waals surface area contributed by atoms with E-state index in [0.717, 1.165) is 6.42 Å². The monoisotopic (exact) mass is 326 g/mol. The molecule has 2 aromatic rings. The molecule has 2 heteroatoms. The molecule has 0 N–H and O–H groups in total. The zero-order valence-electron chi connectivity index (χ0n) is 15.2. The van der Waals surface area contributed by atoms with Crippen LogP contribution in [0.15, 0.2) is 35.7 Å². The molecule has 122 valence electrons. The van der Waals surface area contributed by atoms with Crippen molar-refractivity contribution in [2.45, 2.75) is 64.8 Å². The molecule has 1 aromatic carbocycles. The van der Waals surface area contributed by atoms with Gasteiger partial charge in [0.15, 0.2) is 11.8 Å². The second-order valence-electron chi connectivity index (χ2n) is 8.05. The Balaban J connectivity index is 2.19. The molecule has 1 nitrogen and oxygen atoms in total. The van der Waals surface area contributed by atoms with Gasteiger partial charge in [-0.15, -0.1) is 11.3 Å². The van der Waals surface area contributed by atoms with E-state index in [1.807, 2.05) is 11.3 Å². The van der Waals surface area contributed by atoms with Gasteiger partial charge in [-0.3, -0.25) is 0 Å². The molecule has 1 aliphatic rings. The van der Waals surface area contributed by atoms with Gasteiger partial charge in [-0.25, -0.2) is 0 Å². The normalized spacial score (nSPS) is 23.3. The zero-order chi connectivity index (χ0) is 16.8. The van der Waals surface area contributed by atoms with Gasteiger partial charge in [0.2, 0.25) is 5.69 Å². The van der Waals surface area contributed by atoms with E-state index in [-0.39, 0.29) is 11.0 Å². The summed E-state index contributed by atoms with van der Waals surface area (Å²) in [4.78, 5) is 1.47. The molecule has 2 heterocycles. The summed E-state index contributed by atoms with van der Waals surface area (Å²) in [6, 6.07) is 11.2.